The second kappa shape index (κ2) is 6.55. The molecule has 2 aromatic carbocycles. The molecular weight excluding hydrogens is 273 g/mol. The van der Waals surface area contributed by atoms with Crippen molar-refractivity contribution < 1.29 is 19.4 Å². The maximum Gasteiger partial charge on any atom is 0.262 e. The van der Waals surface area contributed by atoms with Crippen LogP contribution in [0.25, 0.3) is 0 Å². The van der Waals surface area contributed by atoms with Crippen molar-refractivity contribution in [3.63, 3.8) is 0 Å². The molecule has 0 saturated heterocycles. The van der Waals surface area contributed by atoms with E-state index >= 15 is 0 Å². The molecule has 2 rings (SSSR count). The standard InChI is InChI=1S/C16H12FNO3/c17-12-7-3-9-14(20)15(12)16(21)18-13-8-2-1-5-11(13)6-4-10-19/h1-3,5,7-9,19-20H,10H2,(H,18,21). The van der Waals surface area contributed by atoms with Crippen molar-refractivity contribution in [1.82, 2.24) is 0 Å². The van der Waals surface area contributed by atoms with Crippen LogP contribution in [0.5, 0.6) is 5.75 Å². The van der Waals surface area contributed by atoms with Crippen molar-refractivity contribution in [3.05, 3.63) is 59.4 Å². The predicted octanol–water partition coefficient (Wildman–Crippen LogP) is 2.13. The quantitative estimate of drug-likeness (QED) is 0.740. The number of nitrogens with one attached hydrogen (secondary N) is 1. The van der Waals surface area contributed by atoms with Gasteiger partial charge in [0.05, 0.1) is 5.69 Å². The van der Waals surface area contributed by atoms with Gasteiger partial charge >= 0.3 is 0 Å². The van der Waals surface area contributed by atoms with Gasteiger partial charge in [-0.2, -0.15) is 0 Å². The number of amides is 1. The normalized spacial score (nSPS) is 9.62. The number of halogens is 1. The minimum atomic E-state index is -0.813. The van der Waals surface area contributed by atoms with E-state index in [4.69, 9.17) is 5.11 Å². The highest BCUT2D eigenvalue weighted by atomic mass is 19.1. The lowest BCUT2D eigenvalue weighted by Crippen LogP contribution is -2.14. The molecule has 106 valence electrons. The number of para-hydroxylation sites is 1. The average Bonchev–Trinajstić information content (AvgIpc) is 2.46. The maximum absolute atomic E-state index is 13.6. The van der Waals surface area contributed by atoms with Crippen LogP contribution < -0.4 is 5.32 Å². The summed E-state index contributed by atoms with van der Waals surface area (Å²) >= 11 is 0. The van der Waals surface area contributed by atoms with Crippen LogP contribution in [-0.2, 0) is 0 Å². The van der Waals surface area contributed by atoms with Crippen molar-refractivity contribution in [2.45, 2.75) is 0 Å². The molecule has 0 bridgehead atoms. The summed E-state index contributed by atoms with van der Waals surface area (Å²) in [5.41, 5.74) is 0.421. The summed E-state index contributed by atoms with van der Waals surface area (Å²) in [4.78, 5) is 12.1. The van der Waals surface area contributed by atoms with Gasteiger partial charge in [-0.3, -0.25) is 4.79 Å². The van der Waals surface area contributed by atoms with Crippen molar-refractivity contribution in [2.24, 2.45) is 0 Å². The third-order valence-electron chi connectivity index (χ3n) is 2.70. The number of aliphatic hydroxyl groups excluding tert-OH is 1. The molecule has 0 aromatic heterocycles. The largest absolute Gasteiger partial charge is 0.507 e. The van der Waals surface area contributed by atoms with Gasteiger partial charge in [-0.25, -0.2) is 4.39 Å². The van der Waals surface area contributed by atoms with Crippen molar-refractivity contribution in [1.29, 1.82) is 0 Å². The number of hydrogen-bond acceptors (Lipinski definition) is 3. The number of hydrogen-bond donors (Lipinski definition) is 3. The molecule has 3 N–H and O–H groups in total. The van der Waals surface area contributed by atoms with Gasteiger partial charge in [0.1, 0.15) is 23.7 Å². The number of carbonyl (C=O) groups is 1. The Hall–Kier alpha value is -2.84. The Bertz CT molecular complexity index is 712. The number of aliphatic hydroxyl groups is 1. The van der Waals surface area contributed by atoms with Crippen molar-refractivity contribution in [2.75, 3.05) is 11.9 Å². The Morgan fingerprint density at radius 2 is 1.95 bits per heavy atom. The lowest BCUT2D eigenvalue weighted by molar-refractivity contribution is 0.102. The lowest BCUT2D eigenvalue weighted by Gasteiger charge is -2.09. The average molecular weight is 285 g/mol. The Morgan fingerprint density at radius 1 is 1.19 bits per heavy atom. The molecular formula is C16H12FNO3. The molecule has 0 fully saturated rings. The topological polar surface area (TPSA) is 69.6 Å². The molecule has 0 saturated carbocycles. The van der Waals surface area contributed by atoms with Gasteiger partial charge in [0.15, 0.2) is 0 Å². The number of rotatable bonds is 2. The molecule has 0 spiro atoms. The number of benzene rings is 2. The van der Waals surface area contributed by atoms with Crippen LogP contribution in [0.3, 0.4) is 0 Å². The Labute approximate surface area is 120 Å². The van der Waals surface area contributed by atoms with E-state index in [2.05, 4.69) is 17.2 Å². The molecule has 21 heavy (non-hydrogen) atoms. The van der Waals surface area contributed by atoms with Gasteiger partial charge in [-0.15, -0.1) is 0 Å². The van der Waals surface area contributed by atoms with E-state index in [0.29, 0.717) is 11.3 Å². The highest BCUT2D eigenvalue weighted by Crippen LogP contribution is 2.22. The van der Waals surface area contributed by atoms with Gasteiger partial charge in [0, 0.05) is 5.56 Å². The summed E-state index contributed by atoms with van der Waals surface area (Å²) < 4.78 is 13.6. The van der Waals surface area contributed by atoms with E-state index in [1.807, 2.05) is 0 Å². The van der Waals surface area contributed by atoms with Crippen LogP contribution in [-0.4, -0.2) is 22.7 Å². The van der Waals surface area contributed by atoms with E-state index in [1.54, 1.807) is 24.3 Å². The summed E-state index contributed by atoms with van der Waals surface area (Å²) in [5, 5.41) is 20.8. The molecule has 0 heterocycles. The van der Waals surface area contributed by atoms with Crippen molar-refractivity contribution in [3.8, 4) is 17.6 Å². The number of phenolic OH excluding ortho intramolecular Hbond substituents is 1. The molecule has 0 aliphatic heterocycles. The third-order valence-corrected chi connectivity index (χ3v) is 2.70. The highest BCUT2D eigenvalue weighted by Gasteiger charge is 2.17. The molecule has 0 atom stereocenters. The summed E-state index contributed by atoms with van der Waals surface area (Å²) in [7, 11) is 0. The molecule has 0 aliphatic carbocycles. The van der Waals surface area contributed by atoms with Crippen LogP contribution >= 0.6 is 0 Å². The van der Waals surface area contributed by atoms with Crippen LogP contribution in [0.15, 0.2) is 42.5 Å². The molecule has 1 amide bonds. The van der Waals surface area contributed by atoms with Crippen LogP contribution in [0, 0.1) is 17.7 Å². The lowest BCUT2D eigenvalue weighted by atomic mass is 10.1. The van der Waals surface area contributed by atoms with Gasteiger partial charge < -0.3 is 15.5 Å². The molecule has 0 unspecified atom stereocenters. The SMILES string of the molecule is O=C(Nc1ccccc1C#CCO)c1c(O)cccc1F. The predicted molar refractivity (Wildman–Crippen MR) is 76.4 cm³/mol. The zero-order valence-electron chi connectivity index (χ0n) is 10.9. The molecule has 2 aromatic rings. The van der Waals surface area contributed by atoms with Crippen molar-refractivity contribution >= 4 is 11.6 Å². The van der Waals surface area contributed by atoms with Gasteiger partial charge in [-0.05, 0) is 24.3 Å². The Balaban J connectivity index is 2.32. The van der Waals surface area contributed by atoms with Gasteiger partial charge in [0.25, 0.3) is 5.91 Å². The van der Waals surface area contributed by atoms with E-state index in [1.165, 1.54) is 12.1 Å². The first-order chi connectivity index (χ1) is 10.1. The monoisotopic (exact) mass is 285 g/mol. The fourth-order valence-electron chi connectivity index (χ4n) is 1.76. The van der Waals surface area contributed by atoms with E-state index in [0.717, 1.165) is 6.07 Å². The van der Waals surface area contributed by atoms with E-state index < -0.39 is 23.0 Å². The summed E-state index contributed by atoms with van der Waals surface area (Å²) in [5.74, 6) is 3.12. The fourth-order valence-corrected chi connectivity index (χ4v) is 1.76. The number of aromatic hydroxyl groups is 1. The first kappa shape index (κ1) is 14.6. The number of anilines is 1. The fraction of sp³-hybridized carbons (Fsp3) is 0.0625. The van der Waals surface area contributed by atoms with E-state index in [-0.39, 0.29) is 6.61 Å². The minimum Gasteiger partial charge on any atom is -0.507 e. The summed E-state index contributed by atoms with van der Waals surface area (Å²) in [6.07, 6.45) is 0. The highest BCUT2D eigenvalue weighted by molar-refractivity contribution is 6.06. The zero-order chi connectivity index (χ0) is 15.2. The smallest absolute Gasteiger partial charge is 0.262 e. The summed E-state index contributed by atoms with van der Waals surface area (Å²) in [6, 6.07) is 10.3. The Kier molecular flexibility index (Phi) is 4.54. The van der Waals surface area contributed by atoms with Gasteiger partial charge in [0.2, 0.25) is 0 Å². The first-order valence-corrected chi connectivity index (χ1v) is 6.11. The molecule has 4 nitrogen and oxygen atoms in total. The maximum atomic E-state index is 13.6. The molecule has 0 aliphatic rings. The van der Waals surface area contributed by atoms with Crippen LogP contribution in [0.2, 0.25) is 0 Å². The molecule has 5 heteroatoms. The molecule has 0 radical (unpaired) electrons. The van der Waals surface area contributed by atoms with E-state index in [9.17, 15) is 14.3 Å². The van der Waals surface area contributed by atoms with Gasteiger partial charge in [-0.1, -0.05) is 30.0 Å². The van der Waals surface area contributed by atoms with Crippen LogP contribution in [0.1, 0.15) is 15.9 Å². The number of phenols is 1. The second-order valence-corrected chi connectivity index (χ2v) is 4.09. The third kappa shape index (κ3) is 3.38. The second-order valence-electron chi connectivity index (χ2n) is 4.09. The number of carbonyl (C=O) groups excluding carboxylic acids is 1. The van der Waals surface area contributed by atoms with Crippen LogP contribution in [0.4, 0.5) is 10.1 Å². The first-order valence-electron chi connectivity index (χ1n) is 6.11. The summed E-state index contributed by atoms with van der Waals surface area (Å²) in [6.45, 7) is -0.309. The Morgan fingerprint density at radius 3 is 2.67 bits per heavy atom. The minimum absolute atomic E-state index is 0.309. The zero-order valence-corrected chi connectivity index (χ0v) is 10.9.